The van der Waals surface area contributed by atoms with Crippen molar-refractivity contribution in [2.24, 2.45) is 11.1 Å². The van der Waals surface area contributed by atoms with E-state index >= 15 is 0 Å². The zero-order chi connectivity index (χ0) is 15.8. The molecule has 0 aliphatic carbocycles. The summed E-state index contributed by atoms with van der Waals surface area (Å²) in [7, 11) is 0. The zero-order valence-corrected chi connectivity index (χ0v) is 12.2. The Kier molecular flexibility index (Phi) is 3.83. The van der Waals surface area contributed by atoms with E-state index in [2.05, 4.69) is 10.3 Å². The first-order valence-electron chi connectivity index (χ1n) is 6.11. The topological polar surface area (TPSA) is 68.0 Å². The van der Waals surface area contributed by atoms with Crippen LogP contribution in [0, 0.1) is 5.41 Å². The van der Waals surface area contributed by atoms with Crippen LogP contribution in [-0.4, -0.2) is 17.4 Å². The van der Waals surface area contributed by atoms with E-state index in [1.165, 1.54) is 17.4 Å². The summed E-state index contributed by atoms with van der Waals surface area (Å²) >= 11 is 1.23. The molecule has 0 saturated heterocycles. The molecule has 1 amide bonds. The highest BCUT2D eigenvalue weighted by atomic mass is 32.1. The van der Waals surface area contributed by atoms with E-state index < -0.39 is 23.1 Å². The fraction of sp³-hybridized carbons (Fsp3) is 0.385. The van der Waals surface area contributed by atoms with Gasteiger partial charge in [-0.15, -0.1) is 0 Å². The Morgan fingerprint density at radius 2 is 2.05 bits per heavy atom. The number of amides is 1. The third-order valence-electron chi connectivity index (χ3n) is 3.06. The summed E-state index contributed by atoms with van der Waals surface area (Å²) in [5.41, 5.74) is 4.03. The number of hydrogen-bond donors (Lipinski definition) is 2. The van der Waals surface area contributed by atoms with Crippen molar-refractivity contribution < 1.29 is 18.0 Å². The number of hydrogen-bond acceptors (Lipinski definition) is 4. The fourth-order valence-corrected chi connectivity index (χ4v) is 2.40. The van der Waals surface area contributed by atoms with Gasteiger partial charge in [-0.1, -0.05) is 11.3 Å². The van der Waals surface area contributed by atoms with Gasteiger partial charge >= 0.3 is 6.18 Å². The monoisotopic (exact) mass is 317 g/mol. The summed E-state index contributed by atoms with van der Waals surface area (Å²) in [4.78, 5) is 15.3. The van der Waals surface area contributed by atoms with Crippen molar-refractivity contribution in [3.63, 3.8) is 0 Å². The van der Waals surface area contributed by atoms with E-state index in [1.54, 1.807) is 13.8 Å². The summed E-state index contributed by atoms with van der Waals surface area (Å²) in [6.45, 7) is 3.61. The smallest absolute Gasteiger partial charge is 0.369 e. The second kappa shape index (κ2) is 5.18. The first kappa shape index (κ1) is 15.6. The number of nitrogens with one attached hydrogen (secondary N) is 1. The van der Waals surface area contributed by atoms with Crippen molar-refractivity contribution >= 4 is 32.6 Å². The molecule has 0 unspecified atom stereocenters. The maximum absolute atomic E-state index is 12.6. The van der Waals surface area contributed by atoms with Crippen LogP contribution in [0.25, 0.3) is 10.2 Å². The number of halogens is 3. The van der Waals surface area contributed by atoms with E-state index in [0.29, 0.717) is 9.83 Å². The Hall–Kier alpha value is -1.83. The number of anilines is 1. The largest absolute Gasteiger partial charge is 0.416 e. The van der Waals surface area contributed by atoms with Gasteiger partial charge in [-0.25, -0.2) is 4.98 Å². The van der Waals surface area contributed by atoms with Gasteiger partial charge in [0.2, 0.25) is 5.91 Å². The molecule has 0 aliphatic rings. The number of alkyl halides is 3. The van der Waals surface area contributed by atoms with Crippen LogP contribution in [0.5, 0.6) is 0 Å². The molecule has 0 bridgehead atoms. The SMILES string of the molecule is CC(C)(CNc1nc2cc(C(F)(F)F)ccc2s1)C(N)=O. The molecule has 2 aromatic rings. The second-order valence-corrected chi connectivity index (χ2v) is 6.33. The van der Waals surface area contributed by atoms with Crippen LogP contribution in [-0.2, 0) is 11.0 Å². The lowest BCUT2D eigenvalue weighted by Crippen LogP contribution is -2.37. The molecule has 1 aromatic heterocycles. The molecule has 0 saturated carbocycles. The van der Waals surface area contributed by atoms with Crippen LogP contribution >= 0.6 is 11.3 Å². The van der Waals surface area contributed by atoms with Crippen LogP contribution in [0.2, 0.25) is 0 Å². The number of carbonyl (C=O) groups excluding carboxylic acids is 1. The minimum atomic E-state index is -4.39. The number of primary amides is 1. The maximum Gasteiger partial charge on any atom is 0.416 e. The van der Waals surface area contributed by atoms with Gasteiger partial charge in [0.25, 0.3) is 0 Å². The van der Waals surface area contributed by atoms with Gasteiger partial charge in [0, 0.05) is 6.54 Å². The molecule has 0 radical (unpaired) electrons. The molecule has 2 rings (SSSR count). The lowest BCUT2D eigenvalue weighted by atomic mass is 9.93. The molecule has 114 valence electrons. The van der Waals surface area contributed by atoms with Crippen molar-refractivity contribution in [1.82, 2.24) is 4.98 Å². The number of benzene rings is 1. The third-order valence-corrected chi connectivity index (χ3v) is 4.06. The normalized spacial score (nSPS) is 12.6. The summed E-state index contributed by atoms with van der Waals surface area (Å²) < 4.78 is 38.5. The Morgan fingerprint density at radius 3 is 2.62 bits per heavy atom. The summed E-state index contributed by atoms with van der Waals surface area (Å²) in [5.74, 6) is -0.463. The molecule has 0 atom stereocenters. The van der Waals surface area contributed by atoms with Gasteiger partial charge in [-0.2, -0.15) is 13.2 Å². The van der Waals surface area contributed by atoms with E-state index in [9.17, 15) is 18.0 Å². The predicted octanol–water partition coefficient (Wildman–Crippen LogP) is 3.24. The highest BCUT2D eigenvalue weighted by Gasteiger charge is 2.31. The highest BCUT2D eigenvalue weighted by molar-refractivity contribution is 7.22. The summed E-state index contributed by atoms with van der Waals surface area (Å²) in [6, 6.07) is 3.42. The molecular formula is C13H14F3N3OS. The Bertz CT molecular complexity index is 679. The van der Waals surface area contributed by atoms with Crippen molar-refractivity contribution in [1.29, 1.82) is 0 Å². The number of nitrogens with two attached hydrogens (primary N) is 1. The molecule has 3 N–H and O–H groups in total. The third kappa shape index (κ3) is 3.44. The summed E-state index contributed by atoms with van der Waals surface area (Å²) in [6.07, 6.45) is -4.39. The quantitative estimate of drug-likeness (QED) is 0.909. The molecule has 0 spiro atoms. The highest BCUT2D eigenvalue weighted by Crippen LogP contribution is 2.34. The van der Waals surface area contributed by atoms with Gasteiger partial charge in [0.05, 0.1) is 21.2 Å². The van der Waals surface area contributed by atoms with Crippen LogP contribution in [0.15, 0.2) is 18.2 Å². The predicted molar refractivity (Wildman–Crippen MR) is 76.1 cm³/mol. The lowest BCUT2D eigenvalue weighted by Gasteiger charge is -2.20. The number of rotatable bonds is 4. The first-order valence-corrected chi connectivity index (χ1v) is 6.93. The molecule has 0 aliphatic heterocycles. The number of thiazole rings is 1. The number of carbonyl (C=O) groups is 1. The molecule has 1 aromatic carbocycles. The standard InChI is InChI=1S/C13H14F3N3OS/c1-12(2,10(17)20)6-18-11-19-8-5-7(13(14,15)16)3-4-9(8)21-11/h3-5H,6H2,1-2H3,(H2,17,20)(H,18,19). The van der Waals surface area contributed by atoms with Crippen LogP contribution in [0.3, 0.4) is 0 Å². The van der Waals surface area contributed by atoms with Crippen molar-refractivity contribution in [3.05, 3.63) is 23.8 Å². The van der Waals surface area contributed by atoms with Gasteiger partial charge in [-0.3, -0.25) is 4.79 Å². The van der Waals surface area contributed by atoms with Gasteiger partial charge in [-0.05, 0) is 32.0 Å². The molecule has 21 heavy (non-hydrogen) atoms. The molecule has 4 nitrogen and oxygen atoms in total. The molecular weight excluding hydrogens is 303 g/mol. The van der Waals surface area contributed by atoms with Gasteiger partial charge < -0.3 is 11.1 Å². The molecule has 8 heteroatoms. The van der Waals surface area contributed by atoms with E-state index in [-0.39, 0.29) is 12.1 Å². The summed E-state index contributed by atoms with van der Waals surface area (Å²) in [5, 5.41) is 3.40. The maximum atomic E-state index is 12.6. The number of aromatic nitrogens is 1. The van der Waals surface area contributed by atoms with Crippen molar-refractivity contribution in [3.8, 4) is 0 Å². The van der Waals surface area contributed by atoms with Crippen LogP contribution in [0.1, 0.15) is 19.4 Å². The number of nitrogens with zero attached hydrogens (tertiary/aromatic N) is 1. The Labute approximate surface area is 123 Å². The van der Waals surface area contributed by atoms with E-state index in [4.69, 9.17) is 5.73 Å². The van der Waals surface area contributed by atoms with Crippen LogP contribution in [0.4, 0.5) is 18.3 Å². The minimum Gasteiger partial charge on any atom is -0.369 e. The first-order chi connectivity index (χ1) is 9.59. The minimum absolute atomic E-state index is 0.258. The molecule has 1 heterocycles. The second-order valence-electron chi connectivity index (χ2n) is 5.30. The van der Waals surface area contributed by atoms with Crippen molar-refractivity contribution in [2.45, 2.75) is 20.0 Å². The van der Waals surface area contributed by atoms with Crippen molar-refractivity contribution in [2.75, 3.05) is 11.9 Å². The average Bonchev–Trinajstić information content (AvgIpc) is 2.77. The molecule has 0 fully saturated rings. The zero-order valence-electron chi connectivity index (χ0n) is 11.4. The Balaban J connectivity index is 2.22. The average molecular weight is 317 g/mol. The number of fused-ring (bicyclic) bond motifs is 1. The fourth-order valence-electron chi connectivity index (χ4n) is 1.56. The van der Waals surface area contributed by atoms with Gasteiger partial charge in [0.15, 0.2) is 5.13 Å². The van der Waals surface area contributed by atoms with Gasteiger partial charge in [0.1, 0.15) is 0 Å². The van der Waals surface area contributed by atoms with E-state index in [0.717, 1.165) is 12.1 Å². The van der Waals surface area contributed by atoms with Crippen LogP contribution < -0.4 is 11.1 Å². The Morgan fingerprint density at radius 1 is 1.38 bits per heavy atom. The van der Waals surface area contributed by atoms with E-state index in [1.807, 2.05) is 0 Å². The lowest BCUT2D eigenvalue weighted by molar-refractivity contribution is -0.137.